The molecule has 5 nitrogen and oxygen atoms in total. The number of hydrazone groups is 1. The van der Waals surface area contributed by atoms with Gasteiger partial charge in [-0.1, -0.05) is 12.7 Å². The van der Waals surface area contributed by atoms with Gasteiger partial charge in [0, 0.05) is 37.8 Å². The van der Waals surface area contributed by atoms with E-state index in [9.17, 15) is 8.78 Å². The van der Waals surface area contributed by atoms with Gasteiger partial charge in [-0.15, -0.1) is 0 Å². The number of allylic oxidation sites excluding steroid dienone is 6. The molecule has 2 rings (SSSR count). The molecule has 0 aromatic heterocycles. The van der Waals surface area contributed by atoms with Gasteiger partial charge < -0.3 is 5.32 Å². The van der Waals surface area contributed by atoms with Crippen molar-refractivity contribution in [3.8, 4) is 6.07 Å². The summed E-state index contributed by atoms with van der Waals surface area (Å²) >= 11 is 0. The number of nitriles is 1. The Labute approximate surface area is 164 Å². The van der Waals surface area contributed by atoms with Gasteiger partial charge in [-0.25, -0.2) is 8.78 Å². The Morgan fingerprint density at radius 2 is 2.29 bits per heavy atom. The minimum Gasteiger partial charge on any atom is -0.385 e. The summed E-state index contributed by atoms with van der Waals surface area (Å²) in [5.41, 5.74) is 3.16. The Balaban J connectivity index is 1.90. The molecule has 1 N–H and O–H groups in total. The molecule has 0 aromatic carbocycles. The van der Waals surface area contributed by atoms with E-state index < -0.39 is 5.92 Å². The van der Waals surface area contributed by atoms with Gasteiger partial charge in [0.1, 0.15) is 0 Å². The maximum atomic E-state index is 13.3. The molecule has 0 radical (unpaired) electrons. The van der Waals surface area contributed by atoms with Crippen molar-refractivity contribution in [2.75, 3.05) is 13.1 Å². The van der Waals surface area contributed by atoms with Crippen LogP contribution in [0.4, 0.5) is 8.78 Å². The van der Waals surface area contributed by atoms with Crippen LogP contribution in [0, 0.1) is 11.3 Å². The Hall–Kier alpha value is -3.01. The summed E-state index contributed by atoms with van der Waals surface area (Å²) in [4.78, 5) is 3.67. The van der Waals surface area contributed by atoms with E-state index >= 15 is 0 Å². The third kappa shape index (κ3) is 6.62. The van der Waals surface area contributed by atoms with Crippen LogP contribution in [0.1, 0.15) is 32.1 Å². The number of nitrogens with zero attached hydrogens (tertiary/aromatic N) is 4. The normalized spacial score (nSPS) is 19.2. The van der Waals surface area contributed by atoms with Crippen molar-refractivity contribution in [1.82, 2.24) is 10.3 Å². The van der Waals surface area contributed by atoms with Crippen LogP contribution in [0.5, 0.6) is 0 Å². The second-order valence-electron chi connectivity index (χ2n) is 6.52. The van der Waals surface area contributed by atoms with Crippen molar-refractivity contribution in [1.29, 1.82) is 5.26 Å². The summed E-state index contributed by atoms with van der Waals surface area (Å²) in [5.74, 6) is -2.61. The van der Waals surface area contributed by atoms with E-state index in [0.717, 1.165) is 29.1 Å². The van der Waals surface area contributed by atoms with Crippen LogP contribution in [0.3, 0.4) is 0 Å². The zero-order valence-electron chi connectivity index (χ0n) is 15.9. The van der Waals surface area contributed by atoms with Gasteiger partial charge in [0.05, 0.1) is 23.9 Å². The number of hydrogen-bond donors (Lipinski definition) is 1. The first-order valence-electron chi connectivity index (χ1n) is 9.19. The fourth-order valence-electron chi connectivity index (χ4n) is 2.83. The molecule has 0 spiro atoms. The van der Waals surface area contributed by atoms with Gasteiger partial charge in [0.15, 0.2) is 0 Å². The highest BCUT2D eigenvalue weighted by Crippen LogP contribution is 2.33. The van der Waals surface area contributed by atoms with E-state index in [0.29, 0.717) is 25.9 Å². The molecule has 2 aliphatic rings. The largest absolute Gasteiger partial charge is 0.385 e. The van der Waals surface area contributed by atoms with E-state index in [4.69, 9.17) is 5.26 Å². The highest BCUT2D eigenvalue weighted by Gasteiger charge is 2.32. The predicted molar refractivity (Wildman–Crippen MR) is 109 cm³/mol. The number of hydrogen-bond acceptors (Lipinski definition) is 5. The SMILES string of the molecule is C=N/C=C\C(=C/CC#N)NCCCN1N=C(C2=CCC(F)(F)CC2)C=CC1=C. The lowest BCUT2D eigenvalue weighted by molar-refractivity contribution is -0.00794. The van der Waals surface area contributed by atoms with Crippen molar-refractivity contribution < 1.29 is 8.78 Å². The van der Waals surface area contributed by atoms with Crippen LogP contribution >= 0.6 is 0 Å². The van der Waals surface area contributed by atoms with Crippen molar-refractivity contribution in [2.24, 2.45) is 10.1 Å². The molecular formula is C21H25F2N5. The summed E-state index contributed by atoms with van der Waals surface area (Å²) in [6.45, 7) is 8.69. The second kappa shape index (κ2) is 10.4. The Kier molecular flexibility index (Phi) is 7.88. The standard InChI is InChI=1S/C21H25F2N5/c1-17-6-7-20(18-8-11-21(22,23)12-9-18)27-28(17)16-4-14-26-19(5-3-13-24)10-15-25-2/h5-8,10,15,26H,1-4,9,11-12,14,16H2/b15-10-,19-5+. The zero-order chi connectivity index (χ0) is 20.4. The monoisotopic (exact) mass is 385 g/mol. The predicted octanol–water partition coefficient (Wildman–Crippen LogP) is 4.47. The zero-order valence-corrected chi connectivity index (χ0v) is 15.9. The van der Waals surface area contributed by atoms with Gasteiger partial charge >= 0.3 is 0 Å². The third-order valence-corrected chi connectivity index (χ3v) is 4.38. The maximum Gasteiger partial charge on any atom is 0.251 e. The molecule has 0 bridgehead atoms. The molecule has 7 heteroatoms. The molecule has 1 aliphatic carbocycles. The van der Waals surface area contributed by atoms with Crippen LogP contribution in [0.15, 0.2) is 70.2 Å². The van der Waals surface area contributed by atoms with Crippen molar-refractivity contribution >= 4 is 12.4 Å². The van der Waals surface area contributed by atoms with Crippen LogP contribution in [-0.2, 0) is 0 Å². The lowest BCUT2D eigenvalue weighted by atomic mass is 9.93. The molecule has 1 heterocycles. The summed E-state index contributed by atoms with van der Waals surface area (Å²) in [6.07, 6.45) is 11.4. The van der Waals surface area contributed by atoms with Crippen LogP contribution < -0.4 is 5.32 Å². The van der Waals surface area contributed by atoms with Gasteiger partial charge in [-0.3, -0.25) is 10.0 Å². The molecule has 0 saturated carbocycles. The quantitative estimate of drug-likeness (QED) is 0.362. The Morgan fingerprint density at radius 3 is 2.96 bits per heavy atom. The van der Waals surface area contributed by atoms with Crippen LogP contribution in [0.2, 0.25) is 0 Å². The molecule has 0 aromatic rings. The van der Waals surface area contributed by atoms with E-state index in [-0.39, 0.29) is 12.8 Å². The average Bonchev–Trinajstić information content (AvgIpc) is 2.68. The minimum absolute atomic E-state index is 0.137. The number of nitrogens with one attached hydrogen (secondary N) is 1. The molecule has 148 valence electrons. The maximum absolute atomic E-state index is 13.3. The number of rotatable bonds is 9. The lowest BCUT2D eigenvalue weighted by Gasteiger charge is -2.27. The Bertz CT molecular complexity index is 781. The molecule has 0 saturated heterocycles. The molecule has 0 amide bonds. The minimum atomic E-state index is -2.61. The number of aliphatic imine (C=N–C) groups is 1. The van der Waals surface area contributed by atoms with E-state index in [1.807, 2.05) is 12.2 Å². The fourth-order valence-corrected chi connectivity index (χ4v) is 2.83. The first kappa shape index (κ1) is 21.3. The highest BCUT2D eigenvalue weighted by molar-refractivity contribution is 6.09. The second-order valence-corrected chi connectivity index (χ2v) is 6.52. The summed E-state index contributed by atoms with van der Waals surface area (Å²) in [5, 5.41) is 18.3. The van der Waals surface area contributed by atoms with E-state index in [2.05, 4.69) is 34.8 Å². The van der Waals surface area contributed by atoms with E-state index in [1.165, 1.54) is 0 Å². The van der Waals surface area contributed by atoms with Gasteiger partial charge in [-0.05, 0) is 49.4 Å². The van der Waals surface area contributed by atoms with Gasteiger partial charge in [-0.2, -0.15) is 10.4 Å². The third-order valence-electron chi connectivity index (χ3n) is 4.38. The number of alkyl halides is 2. The molecule has 0 unspecified atom stereocenters. The van der Waals surface area contributed by atoms with Crippen LogP contribution in [0.25, 0.3) is 0 Å². The first-order valence-corrected chi connectivity index (χ1v) is 9.19. The average molecular weight is 385 g/mol. The van der Waals surface area contributed by atoms with Crippen molar-refractivity contribution in [3.05, 3.63) is 60.1 Å². The van der Waals surface area contributed by atoms with E-state index in [1.54, 1.807) is 29.4 Å². The van der Waals surface area contributed by atoms with Gasteiger partial charge in [0.25, 0.3) is 5.92 Å². The fraction of sp³-hybridized carbons (Fsp3) is 0.381. The van der Waals surface area contributed by atoms with Crippen molar-refractivity contribution in [2.45, 2.75) is 38.0 Å². The highest BCUT2D eigenvalue weighted by atomic mass is 19.3. The summed E-state index contributed by atoms with van der Waals surface area (Å²) < 4.78 is 26.7. The lowest BCUT2D eigenvalue weighted by Crippen LogP contribution is -2.27. The number of halogens is 2. The smallest absolute Gasteiger partial charge is 0.251 e. The summed E-state index contributed by atoms with van der Waals surface area (Å²) in [7, 11) is 0. The molecule has 0 atom stereocenters. The summed E-state index contributed by atoms with van der Waals surface area (Å²) in [6, 6.07) is 2.07. The first-order chi connectivity index (χ1) is 13.4. The molecule has 28 heavy (non-hydrogen) atoms. The molecule has 1 aliphatic heterocycles. The molecular weight excluding hydrogens is 360 g/mol. The molecule has 0 fully saturated rings. The van der Waals surface area contributed by atoms with Gasteiger partial charge in [0.2, 0.25) is 0 Å². The topological polar surface area (TPSA) is 63.8 Å². The Morgan fingerprint density at radius 1 is 1.46 bits per heavy atom. The van der Waals surface area contributed by atoms with Crippen LogP contribution in [-0.4, -0.2) is 36.5 Å². The van der Waals surface area contributed by atoms with Crippen molar-refractivity contribution in [3.63, 3.8) is 0 Å².